The van der Waals surface area contributed by atoms with Crippen LogP contribution in [0.2, 0.25) is 0 Å². The maximum Gasteiger partial charge on any atom is 0.230 e. The first-order chi connectivity index (χ1) is 18.4. The Bertz CT molecular complexity index is 1460. The molecule has 2 N–H and O–H groups in total. The Hall–Kier alpha value is -4.60. The van der Waals surface area contributed by atoms with Crippen molar-refractivity contribution >= 4 is 34.1 Å². The van der Waals surface area contributed by atoms with Crippen LogP contribution in [0, 0.1) is 11.6 Å². The van der Waals surface area contributed by atoms with E-state index in [2.05, 4.69) is 20.6 Å². The SMILES string of the molecule is CCC(=O)Nc1cc2c(Oc3ccc(NC(=O)CCCc4ccc(F)cc4)cc3F)ncnc2cc1OC. The number of carbonyl (C=O) groups is 2. The van der Waals surface area contributed by atoms with Crippen LogP contribution in [-0.4, -0.2) is 28.9 Å². The lowest BCUT2D eigenvalue weighted by Gasteiger charge is -2.13. The van der Waals surface area contributed by atoms with Gasteiger partial charge in [-0.15, -0.1) is 0 Å². The van der Waals surface area contributed by atoms with Gasteiger partial charge in [0.2, 0.25) is 17.7 Å². The zero-order valence-electron chi connectivity index (χ0n) is 20.9. The molecule has 0 unspecified atom stereocenters. The molecular weight excluding hydrogens is 494 g/mol. The number of aromatic nitrogens is 2. The highest BCUT2D eigenvalue weighted by Gasteiger charge is 2.15. The summed E-state index contributed by atoms with van der Waals surface area (Å²) in [4.78, 5) is 32.6. The molecule has 0 atom stereocenters. The Kier molecular flexibility index (Phi) is 8.42. The van der Waals surface area contributed by atoms with E-state index in [-0.39, 0.29) is 47.8 Å². The fourth-order valence-corrected chi connectivity index (χ4v) is 3.74. The molecule has 196 valence electrons. The number of aryl methyl sites for hydroxylation is 1. The minimum Gasteiger partial charge on any atom is -0.494 e. The molecule has 0 fully saturated rings. The molecule has 0 bridgehead atoms. The summed E-state index contributed by atoms with van der Waals surface area (Å²) in [5.74, 6) is -1.09. The first-order valence-electron chi connectivity index (χ1n) is 12.0. The third-order valence-electron chi connectivity index (χ3n) is 5.72. The maximum atomic E-state index is 14.9. The van der Waals surface area contributed by atoms with E-state index in [0.29, 0.717) is 35.2 Å². The normalized spacial score (nSPS) is 10.7. The van der Waals surface area contributed by atoms with E-state index < -0.39 is 5.82 Å². The predicted molar refractivity (Wildman–Crippen MR) is 139 cm³/mol. The highest BCUT2D eigenvalue weighted by Crippen LogP contribution is 2.35. The second kappa shape index (κ2) is 12.1. The Morgan fingerprint density at radius 2 is 1.71 bits per heavy atom. The Morgan fingerprint density at radius 3 is 2.42 bits per heavy atom. The maximum absolute atomic E-state index is 14.9. The number of nitrogens with zero attached hydrogens (tertiary/aromatic N) is 2. The first kappa shape index (κ1) is 26.5. The Labute approximate surface area is 218 Å². The van der Waals surface area contributed by atoms with E-state index >= 15 is 0 Å². The summed E-state index contributed by atoms with van der Waals surface area (Å²) in [5.41, 5.74) is 2.10. The largest absolute Gasteiger partial charge is 0.494 e. The van der Waals surface area contributed by atoms with Crippen molar-refractivity contribution in [1.82, 2.24) is 9.97 Å². The third-order valence-corrected chi connectivity index (χ3v) is 5.72. The number of amides is 2. The van der Waals surface area contributed by atoms with Gasteiger partial charge < -0.3 is 20.1 Å². The number of ether oxygens (including phenoxy) is 2. The van der Waals surface area contributed by atoms with Gasteiger partial charge in [0.1, 0.15) is 17.9 Å². The summed E-state index contributed by atoms with van der Waals surface area (Å²) in [6.45, 7) is 1.73. The minimum atomic E-state index is -0.700. The topological polar surface area (TPSA) is 102 Å². The molecule has 0 aliphatic carbocycles. The molecule has 4 aromatic rings. The monoisotopic (exact) mass is 520 g/mol. The molecule has 2 amide bonds. The second-order valence-corrected chi connectivity index (χ2v) is 8.43. The highest BCUT2D eigenvalue weighted by atomic mass is 19.1. The predicted octanol–water partition coefficient (Wildman–Crippen LogP) is 6.02. The number of methoxy groups -OCH3 is 1. The zero-order chi connectivity index (χ0) is 27.1. The fraction of sp³-hybridized carbons (Fsp3) is 0.214. The van der Waals surface area contributed by atoms with Crippen molar-refractivity contribution in [2.75, 3.05) is 17.7 Å². The molecule has 0 radical (unpaired) electrons. The van der Waals surface area contributed by atoms with Gasteiger partial charge in [-0.05, 0) is 48.7 Å². The molecule has 0 aliphatic heterocycles. The molecule has 4 rings (SSSR count). The molecule has 38 heavy (non-hydrogen) atoms. The Balaban J connectivity index is 1.44. The molecule has 1 aromatic heterocycles. The summed E-state index contributed by atoms with van der Waals surface area (Å²) in [7, 11) is 1.47. The summed E-state index contributed by atoms with van der Waals surface area (Å²) in [6, 6.07) is 13.4. The lowest BCUT2D eigenvalue weighted by molar-refractivity contribution is -0.116. The van der Waals surface area contributed by atoms with Crippen molar-refractivity contribution < 1.29 is 27.8 Å². The van der Waals surface area contributed by atoms with Crippen LogP contribution in [0.15, 0.2) is 60.9 Å². The minimum absolute atomic E-state index is 0.0844. The lowest BCUT2D eigenvalue weighted by Crippen LogP contribution is -2.11. The van der Waals surface area contributed by atoms with Gasteiger partial charge in [-0.2, -0.15) is 0 Å². The van der Waals surface area contributed by atoms with Crippen molar-refractivity contribution in [3.63, 3.8) is 0 Å². The van der Waals surface area contributed by atoms with E-state index in [1.54, 1.807) is 31.2 Å². The number of rotatable bonds is 10. The van der Waals surface area contributed by atoms with Gasteiger partial charge in [0.15, 0.2) is 11.6 Å². The van der Waals surface area contributed by atoms with E-state index in [1.807, 2.05) is 0 Å². The van der Waals surface area contributed by atoms with Gasteiger partial charge in [-0.1, -0.05) is 19.1 Å². The summed E-state index contributed by atoms with van der Waals surface area (Å²) in [6.07, 6.45) is 2.97. The van der Waals surface area contributed by atoms with E-state index in [9.17, 15) is 18.4 Å². The van der Waals surface area contributed by atoms with Gasteiger partial charge in [0.05, 0.1) is 23.7 Å². The summed E-state index contributed by atoms with van der Waals surface area (Å²) in [5, 5.41) is 5.86. The van der Waals surface area contributed by atoms with Crippen LogP contribution in [-0.2, 0) is 16.0 Å². The summed E-state index contributed by atoms with van der Waals surface area (Å²) < 4.78 is 39.0. The van der Waals surface area contributed by atoms with E-state index in [4.69, 9.17) is 9.47 Å². The highest BCUT2D eigenvalue weighted by molar-refractivity contribution is 5.97. The Morgan fingerprint density at radius 1 is 0.921 bits per heavy atom. The average Bonchev–Trinajstić information content (AvgIpc) is 2.91. The molecule has 0 spiro atoms. The van der Waals surface area contributed by atoms with Gasteiger partial charge in [0.25, 0.3) is 0 Å². The van der Waals surface area contributed by atoms with Crippen LogP contribution in [0.25, 0.3) is 10.9 Å². The number of fused-ring (bicyclic) bond motifs is 1. The van der Waals surface area contributed by atoms with Crippen LogP contribution < -0.4 is 20.1 Å². The van der Waals surface area contributed by atoms with Crippen LogP contribution in [0.5, 0.6) is 17.4 Å². The molecule has 10 heteroatoms. The number of benzene rings is 3. The number of hydrogen-bond donors (Lipinski definition) is 2. The molecule has 0 saturated heterocycles. The van der Waals surface area contributed by atoms with E-state index in [0.717, 1.165) is 11.6 Å². The fourth-order valence-electron chi connectivity index (χ4n) is 3.74. The molecule has 3 aromatic carbocycles. The number of carbonyl (C=O) groups excluding carboxylic acids is 2. The number of hydrogen-bond acceptors (Lipinski definition) is 6. The third kappa shape index (κ3) is 6.58. The van der Waals surface area contributed by atoms with Gasteiger partial charge in [-0.3, -0.25) is 9.59 Å². The molecule has 0 aliphatic rings. The molecule has 1 heterocycles. The van der Waals surface area contributed by atoms with Gasteiger partial charge >= 0.3 is 0 Å². The van der Waals surface area contributed by atoms with Gasteiger partial charge in [0, 0.05) is 30.7 Å². The standard InChI is InChI=1S/C28H26F2N4O4/c1-3-26(35)34-23-14-20-22(15-25(23)37-2)31-16-32-28(20)38-24-12-11-19(13-21(24)30)33-27(36)6-4-5-17-7-9-18(29)10-8-17/h7-16H,3-6H2,1-2H3,(H,33,36)(H,34,35). The van der Waals surface area contributed by atoms with Crippen molar-refractivity contribution in [3.05, 3.63) is 78.1 Å². The van der Waals surface area contributed by atoms with Crippen molar-refractivity contribution in [3.8, 4) is 17.4 Å². The van der Waals surface area contributed by atoms with Crippen molar-refractivity contribution in [2.45, 2.75) is 32.6 Å². The van der Waals surface area contributed by atoms with Crippen molar-refractivity contribution in [2.24, 2.45) is 0 Å². The second-order valence-electron chi connectivity index (χ2n) is 8.43. The van der Waals surface area contributed by atoms with Crippen LogP contribution in [0.1, 0.15) is 31.7 Å². The first-order valence-corrected chi connectivity index (χ1v) is 12.0. The van der Waals surface area contributed by atoms with Crippen LogP contribution >= 0.6 is 0 Å². The molecule has 0 saturated carbocycles. The smallest absolute Gasteiger partial charge is 0.230 e. The van der Waals surface area contributed by atoms with Crippen molar-refractivity contribution in [1.29, 1.82) is 0 Å². The van der Waals surface area contributed by atoms with Crippen LogP contribution in [0.4, 0.5) is 20.2 Å². The van der Waals surface area contributed by atoms with Gasteiger partial charge in [-0.25, -0.2) is 18.7 Å². The van der Waals surface area contributed by atoms with E-state index in [1.165, 1.54) is 37.7 Å². The average molecular weight is 521 g/mol. The zero-order valence-corrected chi connectivity index (χ0v) is 20.9. The van der Waals surface area contributed by atoms with Crippen LogP contribution in [0.3, 0.4) is 0 Å². The molecule has 8 nitrogen and oxygen atoms in total. The lowest BCUT2D eigenvalue weighted by atomic mass is 10.1. The quantitative estimate of drug-likeness (QED) is 0.265. The number of nitrogens with one attached hydrogen (secondary N) is 2. The molecular formula is C28H26F2N4O4. The number of halogens is 2. The number of anilines is 2. The summed E-state index contributed by atoms with van der Waals surface area (Å²) >= 11 is 0.